The third kappa shape index (κ3) is 4.34. The molecule has 0 saturated carbocycles. The van der Waals surface area contributed by atoms with E-state index in [2.05, 4.69) is 10.3 Å². The molecule has 2 aromatic carbocycles. The van der Waals surface area contributed by atoms with E-state index in [-0.39, 0.29) is 5.56 Å². The second kappa shape index (κ2) is 7.64. The zero-order chi connectivity index (χ0) is 20.5. The summed E-state index contributed by atoms with van der Waals surface area (Å²) in [4.78, 5) is 16.4. The van der Waals surface area contributed by atoms with Crippen molar-refractivity contribution in [2.75, 3.05) is 22.9 Å². The highest BCUT2D eigenvalue weighted by molar-refractivity contribution is 7.92. The van der Waals surface area contributed by atoms with Crippen molar-refractivity contribution in [3.05, 3.63) is 65.0 Å². The van der Waals surface area contributed by atoms with Crippen LogP contribution in [0.25, 0.3) is 11.3 Å². The number of carbonyl (C=O) groups is 1. The minimum Gasteiger partial charge on any atom is -0.298 e. The van der Waals surface area contributed by atoms with Crippen LogP contribution in [-0.4, -0.2) is 32.6 Å². The monoisotopic (exact) mass is 423 g/mol. The third-order valence-electron chi connectivity index (χ3n) is 3.93. The van der Waals surface area contributed by atoms with Crippen LogP contribution in [0.2, 0.25) is 0 Å². The Labute approximate surface area is 164 Å². The number of nitrogens with zero attached hydrogens (tertiary/aromatic N) is 2. The van der Waals surface area contributed by atoms with Crippen molar-refractivity contribution in [1.29, 1.82) is 0 Å². The van der Waals surface area contributed by atoms with Gasteiger partial charge in [0, 0.05) is 23.6 Å². The molecule has 10 heteroatoms. The fraction of sp³-hybridized carbons (Fsp3) is 0.111. The summed E-state index contributed by atoms with van der Waals surface area (Å²) in [5.74, 6) is -2.74. The molecule has 0 bridgehead atoms. The van der Waals surface area contributed by atoms with E-state index >= 15 is 0 Å². The minimum absolute atomic E-state index is 0.0242. The number of rotatable bonds is 5. The van der Waals surface area contributed by atoms with Gasteiger partial charge in [0.2, 0.25) is 10.0 Å². The van der Waals surface area contributed by atoms with Gasteiger partial charge in [0.05, 0.1) is 17.6 Å². The van der Waals surface area contributed by atoms with Crippen LogP contribution in [0.3, 0.4) is 0 Å². The van der Waals surface area contributed by atoms with Crippen LogP contribution in [0, 0.1) is 11.6 Å². The van der Waals surface area contributed by atoms with Crippen molar-refractivity contribution >= 4 is 38.1 Å². The van der Waals surface area contributed by atoms with Crippen molar-refractivity contribution in [1.82, 2.24) is 4.98 Å². The first-order valence-electron chi connectivity index (χ1n) is 7.91. The lowest BCUT2D eigenvalue weighted by Crippen LogP contribution is -2.24. The van der Waals surface area contributed by atoms with Gasteiger partial charge < -0.3 is 0 Å². The molecule has 0 radical (unpaired) electrons. The Morgan fingerprint density at radius 3 is 2.39 bits per heavy atom. The van der Waals surface area contributed by atoms with E-state index in [0.29, 0.717) is 16.5 Å². The summed E-state index contributed by atoms with van der Waals surface area (Å²) in [7, 11) is -1.90. The summed E-state index contributed by atoms with van der Waals surface area (Å²) in [6.07, 6.45) is 1.11. The number of nitrogens with one attached hydrogen (secondary N) is 1. The molecule has 1 heterocycles. The van der Waals surface area contributed by atoms with E-state index in [4.69, 9.17) is 0 Å². The summed E-state index contributed by atoms with van der Waals surface area (Å²) < 4.78 is 50.5. The summed E-state index contributed by atoms with van der Waals surface area (Å²) in [6.45, 7) is 0. The third-order valence-corrected chi connectivity index (χ3v) is 5.89. The van der Waals surface area contributed by atoms with Gasteiger partial charge >= 0.3 is 0 Å². The predicted molar refractivity (Wildman–Crippen MR) is 105 cm³/mol. The summed E-state index contributed by atoms with van der Waals surface area (Å²) in [5, 5.41) is 4.55. The van der Waals surface area contributed by atoms with Gasteiger partial charge in [0.25, 0.3) is 5.91 Å². The lowest BCUT2D eigenvalue weighted by molar-refractivity contribution is 0.102. The Morgan fingerprint density at radius 1 is 1.11 bits per heavy atom. The molecule has 146 valence electrons. The molecule has 0 aliphatic heterocycles. The quantitative estimate of drug-likeness (QED) is 0.678. The normalized spacial score (nSPS) is 11.3. The van der Waals surface area contributed by atoms with E-state index in [1.807, 2.05) is 0 Å². The molecule has 3 rings (SSSR count). The van der Waals surface area contributed by atoms with Gasteiger partial charge in [0.15, 0.2) is 16.8 Å². The number of amides is 1. The largest absolute Gasteiger partial charge is 0.298 e. The van der Waals surface area contributed by atoms with Crippen LogP contribution < -0.4 is 9.62 Å². The number of hydrogen-bond donors (Lipinski definition) is 1. The first-order chi connectivity index (χ1) is 13.1. The average Bonchev–Trinajstić information content (AvgIpc) is 3.11. The maximum Gasteiger partial charge on any atom is 0.257 e. The Morgan fingerprint density at radius 2 is 1.79 bits per heavy atom. The van der Waals surface area contributed by atoms with Crippen LogP contribution in [0.5, 0.6) is 0 Å². The Hall–Kier alpha value is -2.85. The Bertz CT molecular complexity index is 1130. The van der Waals surface area contributed by atoms with Crippen molar-refractivity contribution in [2.45, 2.75) is 0 Å². The second-order valence-corrected chi connectivity index (χ2v) is 8.77. The van der Waals surface area contributed by atoms with E-state index in [0.717, 1.165) is 28.3 Å². The molecule has 0 saturated heterocycles. The molecule has 0 spiro atoms. The fourth-order valence-corrected chi connectivity index (χ4v) is 3.52. The molecule has 0 aliphatic carbocycles. The SMILES string of the molecule is CN(c1ccc(-c2csc(NC(=O)c3ccc(F)c(F)c3)n2)cc1)S(C)(=O)=O. The van der Waals surface area contributed by atoms with Crippen LogP contribution >= 0.6 is 11.3 Å². The number of thiazole rings is 1. The van der Waals surface area contributed by atoms with Crippen LogP contribution in [0.1, 0.15) is 10.4 Å². The van der Waals surface area contributed by atoms with Crippen LogP contribution in [0.4, 0.5) is 19.6 Å². The van der Waals surface area contributed by atoms with Gasteiger partial charge in [-0.1, -0.05) is 12.1 Å². The summed E-state index contributed by atoms with van der Waals surface area (Å²) in [6, 6.07) is 9.60. The molecule has 0 atom stereocenters. The van der Waals surface area contributed by atoms with Gasteiger partial charge in [-0.2, -0.15) is 0 Å². The maximum absolute atomic E-state index is 13.3. The number of sulfonamides is 1. The number of benzene rings is 2. The lowest BCUT2D eigenvalue weighted by Gasteiger charge is -2.16. The molecule has 6 nitrogen and oxygen atoms in total. The molecular formula is C18H15F2N3O3S2. The van der Waals surface area contributed by atoms with E-state index in [9.17, 15) is 22.0 Å². The van der Waals surface area contributed by atoms with Gasteiger partial charge in [-0.3, -0.25) is 14.4 Å². The maximum atomic E-state index is 13.3. The first kappa shape index (κ1) is 19.9. The molecule has 1 N–H and O–H groups in total. The minimum atomic E-state index is -3.35. The van der Waals surface area contributed by atoms with Crippen molar-refractivity contribution in [2.24, 2.45) is 0 Å². The molecule has 1 amide bonds. The lowest BCUT2D eigenvalue weighted by atomic mass is 10.1. The molecule has 0 fully saturated rings. The van der Waals surface area contributed by atoms with Crippen LogP contribution in [0.15, 0.2) is 47.8 Å². The van der Waals surface area contributed by atoms with Gasteiger partial charge in [-0.15, -0.1) is 11.3 Å². The summed E-state index contributed by atoms with van der Waals surface area (Å²) in [5.41, 5.74) is 1.80. The molecule has 28 heavy (non-hydrogen) atoms. The first-order valence-corrected chi connectivity index (χ1v) is 10.6. The zero-order valence-electron chi connectivity index (χ0n) is 14.8. The predicted octanol–water partition coefficient (Wildman–Crippen LogP) is 3.74. The fourth-order valence-electron chi connectivity index (χ4n) is 2.30. The number of hydrogen-bond acceptors (Lipinski definition) is 5. The molecule has 1 aromatic heterocycles. The zero-order valence-corrected chi connectivity index (χ0v) is 16.4. The van der Waals surface area contributed by atoms with E-state index in [1.54, 1.807) is 29.6 Å². The standard InChI is InChI=1S/C18H15F2N3O3S2/c1-23(28(2,25)26)13-6-3-11(4-7-13)16-10-27-18(21-16)22-17(24)12-5-8-14(19)15(20)9-12/h3-10H,1-2H3,(H,21,22,24). The second-order valence-electron chi connectivity index (χ2n) is 5.90. The number of halogens is 2. The molecule has 0 unspecified atom stereocenters. The van der Waals surface area contributed by atoms with Gasteiger partial charge in [-0.25, -0.2) is 22.2 Å². The van der Waals surface area contributed by atoms with Crippen molar-refractivity contribution < 1.29 is 22.0 Å². The Balaban J connectivity index is 1.75. The van der Waals surface area contributed by atoms with E-state index < -0.39 is 27.6 Å². The number of aromatic nitrogens is 1. The highest BCUT2D eigenvalue weighted by Gasteiger charge is 2.14. The molecule has 3 aromatic rings. The molecule has 0 aliphatic rings. The number of carbonyl (C=O) groups excluding carboxylic acids is 1. The smallest absolute Gasteiger partial charge is 0.257 e. The van der Waals surface area contributed by atoms with Gasteiger partial charge in [-0.05, 0) is 30.3 Å². The van der Waals surface area contributed by atoms with Crippen molar-refractivity contribution in [3.8, 4) is 11.3 Å². The van der Waals surface area contributed by atoms with Crippen molar-refractivity contribution in [3.63, 3.8) is 0 Å². The van der Waals surface area contributed by atoms with Gasteiger partial charge in [0.1, 0.15) is 0 Å². The van der Waals surface area contributed by atoms with Crippen LogP contribution in [-0.2, 0) is 10.0 Å². The summed E-state index contributed by atoms with van der Waals surface area (Å²) >= 11 is 1.17. The highest BCUT2D eigenvalue weighted by Crippen LogP contribution is 2.27. The number of anilines is 2. The average molecular weight is 423 g/mol. The highest BCUT2D eigenvalue weighted by atomic mass is 32.2. The van der Waals surface area contributed by atoms with E-state index in [1.165, 1.54) is 24.5 Å². The topological polar surface area (TPSA) is 79.4 Å². The molecular weight excluding hydrogens is 408 g/mol. The Kier molecular flexibility index (Phi) is 5.43.